The maximum Gasteiger partial charge on any atom is 0.419 e. The molecule has 0 saturated carbocycles. The highest BCUT2D eigenvalue weighted by Gasteiger charge is 2.27. The molecule has 0 N–H and O–H groups in total. The first-order valence-electron chi connectivity index (χ1n) is 8.18. The average Bonchev–Trinajstić information content (AvgIpc) is 2.81. The van der Waals surface area contributed by atoms with Crippen molar-refractivity contribution in [2.75, 3.05) is 0 Å². The molecular weight excluding hydrogens is 374 g/mol. The van der Waals surface area contributed by atoms with Gasteiger partial charge in [-0.25, -0.2) is 14.3 Å². The Balaban J connectivity index is 2.43. The van der Waals surface area contributed by atoms with E-state index < -0.39 is 27.8 Å². The van der Waals surface area contributed by atoms with E-state index in [2.05, 4.69) is 9.38 Å². The molecule has 1 unspecified atom stereocenters. The summed E-state index contributed by atoms with van der Waals surface area (Å²) in [4.78, 5) is 16.8. The normalized spacial score (nSPS) is 14.6. The zero-order chi connectivity index (χ0) is 19.9. The molecule has 0 aliphatic rings. The molecule has 26 heavy (non-hydrogen) atoms. The fourth-order valence-corrected chi connectivity index (χ4v) is 2.89. The summed E-state index contributed by atoms with van der Waals surface area (Å²) in [5.41, 5.74) is 1.48. The largest absolute Gasteiger partial charge is 0.591 e. The van der Waals surface area contributed by atoms with Gasteiger partial charge in [0.2, 0.25) is 0 Å². The lowest BCUT2D eigenvalue weighted by atomic mass is 10.2. The molecule has 8 heteroatoms. The van der Waals surface area contributed by atoms with Crippen LogP contribution in [-0.2, 0) is 16.1 Å². The van der Waals surface area contributed by atoms with Crippen LogP contribution in [0.2, 0.25) is 5.02 Å². The minimum Gasteiger partial charge on any atom is -0.591 e. The van der Waals surface area contributed by atoms with Crippen LogP contribution in [-0.4, -0.2) is 36.3 Å². The van der Waals surface area contributed by atoms with Crippen LogP contribution in [0, 0.1) is 0 Å². The number of hydrogen-bond acceptors (Lipinski definition) is 5. The summed E-state index contributed by atoms with van der Waals surface area (Å²) in [5.74, 6) is 0. The highest BCUT2D eigenvalue weighted by Crippen LogP contribution is 2.26. The zero-order valence-electron chi connectivity index (χ0n) is 16.1. The first kappa shape index (κ1) is 20.7. The van der Waals surface area contributed by atoms with E-state index >= 15 is 0 Å². The Labute approximate surface area is 161 Å². The molecule has 2 aromatic rings. The third kappa shape index (κ3) is 4.78. The van der Waals surface area contributed by atoms with E-state index in [1.807, 2.05) is 20.8 Å². The van der Waals surface area contributed by atoms with E-state index in [9.17, 15) is 9.35 Å². The minimum atomic E-state index is -1.38. The molecule has 6 nitrogen and oxygen atoms in total. The molecule has 2 rings (SSSR count). The Morgan fingerprint density at radius 1 is 1.27 bits per heavy atom. The smallest absolute Gasteiger partial charge is 0.419 e. The summed E-state index contributed by atoms with van der Waals surface area (Å²) in [6.07, 6.45) is 0.958. The first-order chi connectivity index (χ1) is 11.8. The summed E-state index contributed by atoms with van der Waals surface area (Å²) in [5, 5.41) is 0.331. The second-order valence-electron chi connectivity index (χ2n) is 7.93. The molecule has 142 valence electrons. The Bertz CT molecular complexity index is 863. The van der Waals surface area contributed by atoms with Gasteiger partial charge in [-0.15, -0.1) is 0 Å². The van der Waals surface area contributed by atoms with E-state index in [1.165, 1.54) is 10.8 Å². The quantitative estimate of drug-likeness (QED) is 0.541. The Kier molecular flexibility index (Phi) is 5.75. The van der Waals surface area contributed by atoms with Crippen LogP contribution in [0.4, 0.5) is 4.79 Å². The number of nitrogens with zero attached hydrogens (tertiary/aromatic N) is 3. The maximum absolute atomic E-state index is 12.4. The summed E-state index contributed by atoms with van der Waals surface area (Å²) >= 11 is 4.87. The summed E-state index contributed by atoms with van der Waals surface area (Å²) in [7, 11) is 0. The molecule has 0 fully saturated rings. The minimum absolute atomic E-state index is 0.331. The van der Waals surface area contributed by atoms with Crippen LogP contribution >= 0.6 is 11.6 Å². The number of ether oxygens (including phenoxy) is 1. The molecule has 2 aromatic heterocycles. The fourth-order valence-electron chi connectivity index (χ4n) is 2.04. The molecule has 0 saturated heterocycles. The lowest BCUT2D eigenvalue weighted by Gasteiger charge is -2.19. The number of rotatable bonds is 2. The van der Waals surface area contributed by atoms with Crippen molar-refractivity contribution in [3.63, 3.8) is 0 Å². The number of carbonyl (C=O) groups excluding carboxylic acids is 1. The van der Waals surface area contributed by atoms with Gasteiger partial charge in [0, 0.05) is 6.20 Å². The van der Waals surface area contributed by atoms with Crippen molar-refractivity contribution >= 4 is 45.8 Å². The van der Waals surface area contributed by atoms with Crippen molar-refractivity contribution in [3.8, 4) is 0 Å². The number of halogens is 1. The molecule has 2 heterocycles. The standard InChI is InChI=1S/C18H24ClN3O3S/c1-11(21-26(24)18(5,6)7)13-8-9-14-15(20-13)12(19)10-22(14)16(23)25-17(2,3)4/h8-10H,1-7H3. The van der Waals surface area contributed by atoms with Gasteiger partial charge >= 0.3 is 6.09 Å². The molecule has 1 atom stereocenters. The van der Waals surface area contributed by atoms with Gasteiger partial charge in [-0.05, 0) is 60.6 Å². The number of pyridine rings is 1. The Morgan fingerprint density at radius 3 is 2.42 bits per heavy atom. The highest BCUT2D eigenvalue weighted by molar-refractivity contribution is 7.91. The number of fused-ring (bicyclic) bond motifs is 1. The molecule has 0 aliphatic carbocycles. The van der Waals surface area contributed by atoms with Gasteiger partial charge in [0.05, 0.1) is 16.2 Å². The van der Waals surface area contributed by atoms with Crippen molar-refractivity contribution in [2.24, 2.45) is 4.40 Å². The van der Waals surface area contributed by atoms with Crippen LogP contribution in [0.25, 0.3) is 11.0 Å². The first-order valence-corrected chi connectivity index (χ1v) is 9.67. The van der Waals surface area contributed by atoms with Crippen LogP contribution < -0.4 is 0 Å². The predicted octanol–water partition coefficient (Wildman–Crippen LogP) is 4.74. The third-order valence-corrected chi connectivity index (χ3v) is 5.07. The van der Waals surface area contributed by atoms with E-state index in [4.69, 9.17) is 16.3 Å². The van der Waals surface area contributed by atoms with Gasteiger partial charge in [-0.1, -0.05) is 16.0 Å². The lowest BCUT2D eigenvalue weighted by Crippen LogP contribution is -2.27. The second-order valence-corrected chi connectivity index (χ2v) is 10.2. The van der Waals surface area contributed by atoms with Crippen molar-refractivity contribution in [3.05, 3.63) is 29.0 Å². The molecule has 0 bridgehead atoms. The van der Waals surface area contributed by atoms with Gasteiger partial charge in [-0.2, -0.15) is 0 Å². The van der Waals surface area contributed by atoms with Gasteiger partial charge in [0.15, 0.2) is 0 Å². The van der Waals surface area contributed by atoms with Crippen molar-refractivity contribution in [1.29, 1.82) is 0 Å². The molecule has 0 amide bonds. The van der Waals surface area contributed by atoms with Crippen LogP contribution in [0.15, 0.2) is 22.7 Å². The highest BCUT2D eigenvalue weighted by atomic mass is 35.5. The monoisotopic (exact) mass is 397 g/mol. The number of carbonyl (C=O) groups is 1. The molecular formula is C18H24ClN3O3S. The summed E-state index contributed by atoms with van der Waals surface area (Å²) in [6, 6.07) is 3.45. The van der Waals surface area contributed by atoms with E-state index in [0.717, 1.165) is 0 Å². The molecule has 0 aromatic carbocycles. The van der Waals surface area contributed by atoms with Crippen LogP contribution in [0.3, 0.4) is 0 Å². The predicted molar refractivity (Wildman–Crippen MR) is 106 cm³/mol. The van der Waals surface area contributed by atoms with Crippen LogP contribution in [0.5, 0.6) is 0 Å². The Morgan fingerprint density at radius 2 is 1.88 bits per heavy atom. The topological polar surface area (TPSA) is 79.5 Å². The molecule has 0 radical (unpaired) electrons. The number of hydrogen-bond donors (Lipinski definition) is 0. The van der Waals surface area contributed by atoms with Gasteiger partial charge in [-0.3, -0.25) is 0 Å². The van der Waals surface area contributed by atoms with Crippen LogP contribution in [0.1, 0.15) is 54.2 Å². The number of aromatic nitrogens is 2. The summed E-state index contributed by atoms with van der Waals surface area (Å²) < 4.78 is 22.7. The lowest BCUT2D eigenvalue weighted by molar-refractivity contribution is 0.0544. The molecule has 0 aliphatic heterocycles. The van der Waals surface area contributed by atoms with Crippen molar-refractivity contribution in [2.45, 2.75) is 58.8 Å². The van der Waals surface area contributed by atoms with E-state index in [-0.39, 0.29) is 0 Å². The Hall–Kier alpha value is -1.57. The van der Waals surface area contributed by atoms with E-state index in [0.29, 0.717) is 27.5 Å². The van der Waals surface area contributed by atoms with Gasteiger partial charge < -0.3 is 9.29 Å². The maximum atomic E-state index is 12.4. The van der Waals surface area contributed by atoms with Crippen molar-refractivity contribution in [1.82, 2.24) is 9.55 Å². The van der Waals surface area contributed by atoms with Gasteiger partial charge in [0.25, 0.3) is 0 Å². The zero-order valence-corrected chi connectivity index (χ0v) is 17.7. The SMILES string of the molecule is CC(=N[S+]([O-])C(C)(C)C)c1ccc2c(n1)c(Cl)cn2C(=O)OC(C)(C)C. The third-order valence-electron chi connectivity index (χ3n) is 3.31. The second kappa shape index (κ2) is 7.21. The van der Waals surface area contributed by atoms with Crippen molar-refractivity contribution < 1.29 is 14.1 Å². The van der Waals surface area contributed by atoms with E-state index in [1.54, 1.807) is 39.8 Å². The van der Waals surface area contributed by atoms with Gasteiger partial charge in [0.1, 0.15) is 32.9 Å². The fraction of sp³-hybridized carbons (Fsp3) is 0.500. The summed E-state index contributed by atoms with van der Waals surface area (Å²) in [6.45, 7) is 12.7. The average molecular weight is 398 g/mol. The molecule has 0 spiro atoms.